The van der Waals surface area contributed by atoms with Crippen LogP contribution in [0.2, 0.25) is 0 Å². The molecule has 164 valence electrons. The van der Waals surface area contributed by atoms with Crippen LogP contribution in [0.3, 0.4) is 0 Å². The van der Waals surface area contributed by atoms with Crippen LogP contribution < -0.4 is 10.2 Å². The van der Waals surface area contributed by atoms with Gasteiger partial charge in [-0.2, -0.15) is 18.9 Å². The zero-order chi connectivity index (χ0) is 22.1. The van der Waals surface area contributed by atoms with Gasteiger partial charge in [-0.3, -0.25) is 4.68 Å². The summed E-state index contributed by atoms with van der Waals surface area (Å²) < 4.78 is 28.6. The molecule has 7 nitrogen and oxygen atoms in total. The lowest BCUT2D eigenvalue weighted by Crippen LogP contribution is -2.42. The van der Waals surface area contributed by atoms with Crippen molar-refractivity contribution in [3.8, 4) is 11.4 Å². The van der Waals surface area contributed by atoms with Gasteiger partial charge in [0.1, 0.15) is 5.69 Å². The average molecular weight is 435 g/mol. The summed E-state index contributed by atoms with van der Waals surface area (Å²) in [4.78, 5) is 5.50. The van der Waals surface area contributed by atoms with Crippen molar-refractivity contribution in [1.29, 1.82) is 0 Å². The van der Waals surface area contributed by atoms with Crippen molar-refractivity contribution in [3.63, 3.8) is 0 Å². The first-order chi connectivity index (χ1) is 15.6. The molecule has 4 heterocycles. The van der Waals surface area contributed by atoms with E-state index in [4.69, 9.17) is 0 Å². The number of aryl methyl sites for hydroxylation is 1. The lowest BCUT2D eigenvalue weighted by atomic mass is 10.0. The summed E-state index contributed by atoms with van der Waals surface area (Å²) in [5.74, 6) is -0.689. The van der Waals surface area contributed by atoms with Crippen molar-refractivity contribution in [2.75, 3.05) is 18.0 Å². The number of aromatic nitrogens is 5. The number of hydrogen-bond donors (Lipinski definition) is 1. The standard InChI is InChI=1S/C23H23F2N7/c1-31-19(8-11-27-31)21-17-4-2-3-5-18(17)23(30-29-21)32-12-9-16(10-13-32)26-14-15-6-7-20(24)28-22(15)25/h2-8,11,16,26H,9-10,12-14H2,1H3. The third kappa shape index (κ3) is 3.91. The molecule has 0 radical (unpaired) electrons. The number of nitrogens with zero attached hydrogens (tertiary/aromatic N) is 6. The Morgan fingerprint density at radius 1 is 1.00 bits per heavy atom. The molecule has 1 fully saturated rings. The first-order valence-electron chi connectivity index (χ1n) is 10.6. The Kier molecular flexibility index (Phi) is 5.48. The molecule has 1 saturated heterocycles. The first-order valence-corrected chi connectivity index (χ1v) is 10.6. The second-order valence-corrected chi connectivity index (χ2v) is 7.98. The number of anilines is 1. The van der Waals surface area contributed by atoms with Gasteiger partial charge in [0.25, 0.3) is 0 Å². The Balaban J connectivity index is 1.31. The summed E-state index contributed by atoms with van der Waals surface area (Å²) in [7, 11) is 1.89. The molecule has 5 rings (SSSR count). The zero-order valence-electron chi connectivity index (χ0n) is 17.7. The van der Waals surface area contributed by atoms with Crippen LogP contribution in [-0.4, -0.2) is 44.1 Å². The topological polar surface area (TPSA) is 71.8 Å². The summed E-state index contributed by atoms with van der Waals surface area (Å²) in [6.07, 6.45) is 3.52. The van der Waals surface area contributed by atoms with Gasteiger partial charge < -0.3 is 10.2 Å². The zero-order valence-corrected chi connectivity index (χ0v) is 17.7. The highest BCUT2D eigenvalue weighted by atomic mass is 19.1. The maximum Gasteiger partial charge on any atom is 0.220 e. The summed E-state index contributed by atoms with van der Waals surface area (Å²) in [5, 5.41) is 18.9. The monoisotopic (exact) mass is 435 g/mol. The van der Waals surface area contributed by atoms with Crippen LogP contribution in [0.1, 0.15) is 18.4 Å². The molecule has 0 aliphatic carbocycles. The van der Waals surface area contributed by atoms with Gasteiger partial charge in [0, 0.05) is 55.3 Å². The van der Waals surface area contributed by atoms with Gasteiger partial charge in [-0.15, -0.1) is 10.2 Å². The van der Waals surface area contributed by atoms with E-state index in [-0.39, 0.29) is 6.04 Å². The van der Waals surface area contributed by atoms with Gasteiger partial charge in [-0.1, -0.05) is 24.3 Å². The van der Waals surface area contributed by atoms with E-state index in [0.717, 1.165) is 53.9 Å². The van der Waals surface area contributed by atoms with Gasteiger partial charge in [0.15, 0.2) is 5.82 Å². The van der Waals surface area contributed by atoms with Crippen molar-refractivity contribution < 1.29 is 8.78 Å². The van der Waals surface area contributed by atoms with Crippen LogP contribution in [0.25, 0.3) is 22.2 Å². The fourth-order valence-corrected chi connectivity index (χ4v) is 4.24. The molecule has 1 aliphatic heterocycles. The van der Waals surface area contributed by atoms with E-state index in [1.165, 1.54) is 12.1 Å². The number of halogens is 2. The Bertz CT molecular complexity index is 1250. The van der Waals surface area contributed by atoms with E-state index >= 15 is 0 Å². The number of pyridine rings is 1. The molecule has 4 aromatic rings. The summed E-state index contributed by atoms with van der Waals surface area (Å²) >= 11 is 0. The predicted molar refractivity (Wildman–Crippen MR) is 118 cm³/mol. The van der Waals surface area contributed by atoms with Crippen molar-refractivity contribution in [3.05, 3.63) is 66.1 Å². The van der Waals surface area contributed by atoms with Gasteiger partial charge in [0.05, 0.1) is 5.69 Å². The van der Waals surface area contributed by atoms with E-state index in [2.05, 4.69) is 42.6 Å². The Morgan fingerprint density at radius 2 is 1.78 bits per heavy atom. The molecule has 0 unspecified atom stereocenters. The van der Waals surface area contributed by atoms with Crippen molar-refractivity contribution in [2.24, 2.45) is 7.05 Å². The third-order valence-corrected chi connectivity index (χ3v) is 6.00. The van der Waals surface area contributed by atoms with E-state index in [9.17, 15) is 8.78 Å². The second-order valence-electron chi connectivity index (χ2n) is 7.98. The summed E-state index contributed by atoms with van der Waals surface area (Å²) in [6, 6.07) is 13.0. The summed E-state index contributed by atoms with van der Waals surface area (Å²) in [6.45, 7) is 1.95. The lowest BCUT2D eigenvalue weighted by Gasteiger charge is -2.33. The summed E-state index contributed by atoms with van der Waals surface area (Å²) in [5.41, 5.74) is 2.11. The van der Waals surface area contributed by atoms with Crippen LogP contribution in [-0.2, 0) is 13.6 Å². The molecule has 0 amide bonds. The van der Waals surface area contributed by atoms with Crippen molar-refractivity contribution in [1.82, 2.24) is 30.3 Å². The highest BCUT2D eigenvalue weighted by Crippen LogP contribution is 2.32. The predicted octanol–water partition coefficient (Wildman–Crippen LogP) is 3.46. The molecular formula is C23H23F2N7. The minimum absolute atomic E-state index is 0.239. The number of fused-ring (bicyclic) bond motifs is 1. The first kappa shape index (κ1) is 20.4. The number of rotatable bonds is 5. The molecule has 1 aromatic carbocycles. The molecule has 0 saturated carbocycles. The van der Waals surface area contributed by atoms with Crippen molar-refractivity contribution >= 4 is 16.6 Å². The quantitative estimate of drug-likeness (QED) is 0.484. The number of nitrogens with one attached hydrogen (secondary N) is 1. The number of benzene rings is 1. The highest BCUT2D eigenvalue weighted by molar-refractivity contribution is 5.99. The minimum atomic E-state index is -0.803. The van der Waals surface area contributed by atoms with E-state index in [1.54, 1.807) is 10.9 Å². The van der Waals surface area contributed by atoms with Crippen LogP contribution >= 0.6 is 0 Å². The molecule has 1 N–H and O–H groups in total. The van der Waals surface area contributed by atoms with Gasteiger partial charge in [0.2, 0.25) is 11.9 Å². The number of piperidine rings is 1. The lowest BCUT2D eigenvalue weighted by molar-refractivity contribution is 0.405. The van der Waals surface area contributed by atoms with Crippen LogP contribution in [0.15, 0.2) is 48.7 Å². The normalized spacial score (nSPS) is 14.9. The molecule has 3 aromatic heterocycles. The molecule has 0 bridgehead atoms. The van der Waals surface area contributed by atoms with Crippen molar-refractivity contribution in [2.45, 2.75) is 25.4 Å². The maximum atomic E-state index is 13.8. The SMILES string of the molecule is Cn1nccc1-c1nnc(N2CCC(NCc3ccc(F)nc3F)CC2)c2ccccc12. The van der Waals surface area contributed by atoms with E-state index < -0.39 is 11.9 Å². The van der Waals surface area contributed by atoms with Gasteiger partial charge in [-0.25, -0.2) is 0 Å². The van der Waals surface area contributed by atoms with Gasteiger partial charge in [-0.05, 0) is 31.0 Å². The highest BCUT2D eigenvalue weighted by Gasteiger charge is 2.23. The molecule has 0 atom stereocenters. The van der Waals surface area contributed by atoms with E-state index in [0.29, 0.717) is 12.1 Å². The fourth-order valence-electron chi connectivity index (χ4n) is 4.24. The Morgan fingerprint density at radius 3 is 2.50 bits per heavy atom. The third-order valence-electron chi connectivity index (χ3n) is 6.00. The fraction of sp³-hybridized carbons (Fsp3) is 0.304. The Labute approximate surface area is 184 Å². The minimum Gasteiger partial charge on any atom is -0.354 e. The molecule has 9 heteroatoms. The molecular weight excluding hydrogens is 412 g/mol. The second kappa shape index (κ2) is 8.58. The van der Waals surface area contributed by atoms with Gasteiger partial charge >= 0.3 is 0 Å². The molecule has 0 spiro atoms. The van der Waals surface area contributed by atoms with Crippen LogP contribution in [0.5, 0.6) is 0 Å². The maximum absolute atomic E-state index is 13.8. The van der Waals surface area contributed by atoms with Crippen LogP contribution in [0.4, 0.5) is 14.6 Å². The largest absolute Gasteiger partial charge is 0.354 e. The smallest absolute Gasteiger partial charge is 0.220 e. The van der Waals surface area contributed by atoms with E-state index in [1.807, 2.05) is 25.2 Å². The number of hydrogen-bond acceptors (Lipinski definition) is 6. The molecule has 32 heavy (non-hydrogen) atoms. The Hall–Kier alpha value is -3.46. The molecule has 1 aliphatic rings. The van der Waals surface area contributed by atoms with Crippen LogP contribution in [0, 0.1) is 11.9 Å². The average Bonchev–Trinajstić information content (AvgIpc) is 3.24.